The van der Waals surface area contributed by atoms with E-state index < -0.39 is 27.3 Å². The van der Waals surface area contributed by atoms with Gasteiger partial charge in [0.25, 0.3) is 0 Å². The summed E-state index contributed by atoms with van der Waals surface area (Å²) in [5.41, 5.74) is 3.47. The Balaban J connectivity index is 1.25. The highest BCUT2D eigenvalue weighted by Gasteiger charge is 2.54. The minimum Gasteiger partial charge on any atom is -0.493 e. The van der Waals surface area contributed by atoms with Gasteiger partial charge in [0.2, 0.25) is 0 Å². The van der Waals surface area contributed by atoms with Crippen molar-refractivity contribution in [2.75, 3.05) is 11.9 Å². The summed E-state index contributed by atoms with van der Waals surface area (Å²) in [7, 11) is -4.70. The molecule has 1 fully saturated rings. The Morgan fingerprint density at radius 1 is 1.15 bits per heavy atom. The molecule has 46 heavy (non-hydrogen) atoms. The van der Waals surface area contributed by atoms with Crippen molar-refractivity contribution in [1.29, 1.82) is 0 Å². The number of hydrogen-bond acceptors (Lipinski definition) is 7. The molecule has 1 heterocycles. The molecule has 0 unspecified atom stereocenters. The van der Waals surface area contributed by atoms with E-state index in [0.717, 1.165) is 54.7 Å². The zero-order valence-corrected chi connectivity index (χ0v) is 27.7. The number of ether oxygens (including phenoxy) is 1. The number of hydrogen-bond donors (Lipinski definition) is 3. The van der Waals surface area contributed by atoms with Crippen molar-refractivity contribution in [2.24, 2.45) is 11.8 Å². The predicted molar refractivity (Wildman–Crippen MR) is 176 cm³/mol. The number of pyridine rings is 1. The Bertz CT molecular complexity index is 1720. The Kier molecular flexibility index (Phi) is 8.99. The van der Waals surface area contributed by atoms with E-state index in [-0.39, 0.29) is 17.6 Å². The number of carboxylic acid groups (broad SMARTS) is 1. The van der Waals surface area contributed by atoms with E-state index in [1.807, 2.05) is 24.4 Å². The van der Waals surface area contributed by atoms with E-state index in [0.29, 0.717) is 48.9 Å². The van der Waals surface area contributed by atoms with Gasteiger partial charge in [0, 0.05) is 28.2 Å². The number of rotatable bonds is 10. The molecule has 6 rings (SSSR count). The molecular formula is C35H41ClN2O7S. The summed E-state index contributed by atoms with van der Waals surface area (Å²) in [6, 6.07) is 14.2. The van der Waals surface area contributed by atoms with E-state index in [1.165, 1.54) is 5.56 Å². The molecule has 2 aromatic carbocycles. The van der Waals surface area contributed by atoms with Crippen molar-refractivity contribution in [3.63, 3.8) is 0 Å². The Morgan fingerprint density at radius 2 is 1.93 bits per heavy atom. The second kappa shape index (κ2) is 12.7. The van der Waals surface area contributed by atoms with E-state index in [2.05, 4.69) is 24.1 Å². The molecule has 246 valence electrons. The van der Waals surface area contributed by atoms with Crippen molar-refractivity contribution in [1.82, 2.24) is 4.98 Å². The lowest BCUT2D eigenvalue weighted by Gasteiger charge is -2.47. The van der Waals surface area contributed by atoms with E-state index in [1.54, 1.807) is 30.3 Å². The highest BCUT2D eigenvalue weighted by molar-refractivity contribution is 7.81. The van der Waals surface area contributed by atoms with Crippen molar-refractivity contribution >= 4 is 33.7 Å². The van der Waals surface area contributed by atoms with Crippen molar-refractivity contribution < 1.29 is 31.8 Å². The summed E-state index contributed by atoms with van der Waals surface area (Å²) >= 11 is 6.20. The number of nitrogens with zero attached hydrogens (tertiary/aromatic N) is 1. The molecule has 0 radical (unpaired) electrons. The molecule has 1 aromatic heterocycles. The fourth-order valence-electron chi connectivity index (χ4n) is 8.25. The lowest BCUT2D eigenvalue weighted by atomic mass is 9.59. The van der Waals surface area contributed by atoms with Gasteiger partial charge in [0.15, 0.2) is 0 Å². The SMILES string of the molecule is C[C@@H](COc1ccnc2c1[C@H](C)CCC2)C[C@H]1Cc2ccc(OS(=O)(=O)O)cc2C12CCC(Nc1cccc(Cl)c1)(C(=O)O)CC2. The van der Waals surface area contributed by atoms with Gasteiger partial charge >= 0.3 is 16.4 Å². The first kappa shape index (κ1) is 32.6. The lowest BCUT2D eigenvalue weighted by Crippen LogP contribution is -2.53. The van der Waals surface area contributed by atoms with Crippen LogP contribution in [0, 0.1) is 11.8 Å². The fourth-order valence-corrected chi connectivity index (χ4v) is 8.79. The monoisotopic (exact) mass is 668 g/mol. The Labute approximate surface area is 275 Å². The number of halogens is 1. The molecule has 3 aliphatic rings. The molecule has 0 saturated heterocycles. The summed E-state index contributed by atoms with van der Waals surface area (Å²) in [5, 5.41) is 14.3. The summed E-state index contributed by atoms with van der Waals surface area (Å²) in [5.74, 6) is 0.815. The number of benzene rings is 2. The van der Waals surface area contributed by atoms with Crippen LogP contribution in [0.25, 0.3) is 0 Å². The number of aliphatic carboxylic acids is 1. The first-order valence-corrected chi connectivity index (χ1v) is 17.8. The van der Waals surface area contributed by atoms with Gasteiger partial charge in [-0.3, -0.25) is 9.54 Å². The number of aromatic nitrogens is 1. The van der Waals surface area contributed by atoms with Crippen LogP contribution in [0.3, 0.4) is 0 Å². The Hall–Kier alpha value is -3.34. The predicted octanol–water partition coefficient (Wildman–Crippen LogP) is 7.38. The third-order valence-corrected chi connectivity index (χ3v) is 11.1. The maximum Gasteiger partial charge on any atom is 0.446 e. The van der Waals surface area contributed by atoms with Gasteiger partial charge < -0.3 is 19.3 Å². The van der Waals surface area contributed by atoms with Gasteiger partial charge in [-0.25, -0.2) is 4.79 Å². The maximum atomic E-state index is 12.8. The number of nitrogens with one attached hydrogen (secondary N) is 1. The minimum atomic E-state index is -4.70. The van der Waals surface area contributed by atoms with Crippen molar-refractivity contribution in [3.05, 3.63) is 82.1 Å². The molecule has 0 aliphatic heterocycles. The van der Waals surface area contributed by atoms with Gasteiger partial charge in [-0.05, 0) is 128 Å². The van der Waals surface area contributed by atoms with E-state index >= 15 is 0 Å². The molecule has 3 aliphatic carbocycles. The molecule has 1 saturated carbocycles. The van der Waals surface area contributed by atoms with E-state index in [9.17, 15) is 22.9 Å². The highest BCUT2D eigenvalue weighted by Crippen LogP contribution is 2.57. The van der Waals surface area contributed by atoms with Crippen molar-refractivity contribution in [3.8, 4) is 11.5 Å². The number of anilines is 1. The highest BCUT2D eigenvalue weighted by atomic mass is 35.5. The van der Waals surface area contributed by atoms with Gasteiger partial charge in [0.05, 0.1) is 6.61 Å². The molecule has 3 aromatic rings. The molecule has 0 amide bonds. The van der Waals surface area contributed by atoms with Crippen LogP contribution < -0.4 is 14.2 Å². The zero-order chi connectivity index (χ0) is 32.7. The summed E-state index contributed by atoms with van der Waals surface area (Å²) in [4.78, 5) is 17.4. The number of carbonyl (C=O) groups is 1. The van der Waals surface area contributed by atoms with Crippen LogP contribution in [-0.2, 0) is 33.5 Å². The summed E-state index contributed by atoms with van der Waals surface area (Å²) in [6.45, 7) is 4.96. The second-order valence-electron chi connectivity index (χ2n) is 13.5. The number of aryl methyl sites for hydroxylation is 1. The topological polar surface area (TPSA) is 135 Å². The third kappa shape index (κ3) is 6.57. The first-order valence-electron chi connectivity index (χ1n) is 16.1. The molecule has 0 bridgehead atoms. The van der Waals surface area contributed by atoms with Gasteiger partial charge in [-0.15, -0.1) is 0 Å². The molecule has 3 N–H and O–H groups in total. The molecular weight excluding hydrogens is 628 g/mol. The maximum absolute atomic E-state index is 12.8. The average molecular weight is 669 g/mol. The van der Waals surface area contributed by atoms with Crippen LogP contribution in [0.1, 0.15) is 87.1 Å². The normalized spacial score (nSPS) is 26.2. The lowest BCUT2D eigenvalue weighted by molar-refractivity contribution is -0.144. The van der Waals surface area contributed by atoms with Crippen LogP contribution in [-0.4, -0.2) is 41.2 Å². The first-order chi connectivity index (χ1) is 21.9. The van der Waals surface area contributed by atoms with Crippen LogP contribution in [0.15, 0.2) is 54.7 Å². The van der Waals surface area contributed by atoms with Crippen LogP contribution in [0.2, 0.25) is 5.02 Å². The average Bonchev–Trinajstić information content (AvgIpc) is 3.28. The zero-order valence-electron chi connectivity index (χ0n) is 26.2. The van der Waals surface area contributed by atoms with Gasteiger partial charge in [-0.2, -0.15) is 8.42 Å². The van der Waals surface area contributed by atoms with Crippen LogP contribution in [0.5, 0.6) is 11.5 Å². The third-order valence-electron chi connectivity index (χ3n) is 10.5. The van der Waals surface area contributed by atoms with Gasteiger partial charge in [-0.1, -0.05) is 37.6 Å². The van der Waals surface area contributed by atoms with Crippen molar-refractivity contribution in [2.45, 2.75) is 88.5 Å². The quantitative estimate of drug-likeness (QED) is 0.189. The van der Waals surface area contributed by atoms with Crippen LogP contribution in [0.4, 0.5) is 5.69 Å². The Morgan fingerprint density at radius 3 is 2.65 bits per heavy atom. The van der Waals surface area contributed by atoms with E-state index in [4.69, 9.17) is 20.5 Å². The standard InChI is InChI=1S/C35H41ClN2O7S/c1-22(21-44-31-11-16-37-30-8-3-5-23(2)32(30)31)17-25-18-24-9-10-28(45-46(41,42)43)20-29(24)34(25)12-14-35(15-13-34,33(39)40)38-27-7-4-6-26(36)19-27/h4,6-7,9-11,16,19-20,22-23,25,38H,3,5,8,12-15,17-18,21H2,1-2H3,(H,39,40)(H,41,42,43)/t22-,23-,25+,34?,35?/m1/s1. The van der Waals surface area contributed by atoms with Crippen LogP contribution >= 0.6 is 11.6 Å². The second-order valence-corrected chi connectivity index (χ2v) is 15.0. The number of carboxylic acids is 1. The molecule has 11 heteroatoms. The minimum absolute atomic E-state index is 0.0429. The molecule has 9 nitrogen and oxygen atoms in total. The molecule has 3 atom stereocenters. The summed E-state index contributed by atoms with van der Waals surface area (Å²) in [6.07, 6.45) is 8.55. The van der Waals surface area contributed by atoms with Gasteiger partial charge in [0.1, 0.15) is 17.0 Å². The summed E-state index contributed by atoms with van der Waals surface area (Å²) < 4.78 is 43.8. The largest absolute Gasteiger partial charge is 0.493 e. The smallest absolute Gasteiger partial charge is 0.446 e. The number of fused-ring (bicyclic) bond motifs is 3. The fraction of sp³-hybridized carbons (Fsp3) is 0.486. The molecule has 1 spiro atoms.